The summed E-state index contributed by atoms with van der Waals surface area (Å²) in [6, 6.07) is 10.5. The molecule has 0 aliphatic carbocycles. The molecule has 0 saturated carbocycles. The van der Waals surface area contributed by atoms with Crippen molar-refractivity contribution in [3.63, 3.8) is 0 Å². The minimum atomic E-state index is -0.369. The van der Waals surface area contributed by atoms with E-state index in [1.165, 1.54) is 0 Å². The highest BCUT2D eigenvalue weighted by atomic mass is 16.2. The highest BCUT2D eigenvalue weighted by Gasteiger charge is 2.35. The Morgan fingerprint density at radius 3 is 2.63 bits per heavy atom. The molecular formula is C21H26N4O2. The Morgan fingerprint density at radius 2 is 1.96 bits per heavy atom. The molecule has 1 fully saturated rings. The molecule has 0 radical (unpaired) electrons. The molecule has 2 amide bonds. The summed E-state index contributed by atoms with van der Waals surface area (Å²) >= 11 is 0. The first-order valence-electron chi connectivity index (χ1n) is 9.39. The van der Waals surface area contributed by atoms with E-state index in [1.807, 2.05) is 12.1 Å². The van der Waals surface area contributed by atoms with Crippen LogP contribution < -0.4 is 5.73 Å². The number of carbonyl (C=O) groups is 2. The summed E-state index contributed by atoms with van der Waals surface area (Å²) in [5.74, 6) is -0.0618. The first kappa shape index (κ1) is 18.9. The zero-order valence-electron chi connectivity index (χ0n) is 15.9. The van der Waals surface area contributed by atoms with Crippen molar-refractivity contribution in [3.8, 4) is 11.3 Å². The van der Waals surface area contributed by atoms with Gasteiger partial charge in [-0.3, -0.25) is 14.6 Å². The van der Waals surface area contributed by atoms with Gasteiger partial charge >= 0.3 is 0 Å². The van der Waals surface area contributed by atoms with Gasteiger partial charge in [0, 0.05) is 43.1 Å². The smallest absolute Gasteiger partial charge is 0.254 e. The third-order valence-electron chi connectivity index (χ3n) is 5.02. The maximum absolute atomic E-state index is 13.0. The lowest BCUT2D eigenvalue weighted by molar-refractivity contribution is -0.138. The number of hydrogen-bond acceptors (Lipinski definition) is 4. The van der Waals surface area contributed by atoms with E-state index in [0.29, 0.717) is 30.8 Å². The number of anilines is 1. The molecule has 0 spiro atoms. The number of hydrogen-bond donors (Lipinski definition) is 1. The second kappa shape index (κ2) is 8.20. The molecule has 3 rings (SSSR count). The number of benzene rings is 1. The third-order valence-corrected chi connectivity index (χ3v) is 5.02. The van der Waals surface area contributed by atoms with Gasteiger partial charge in [-0.1, -0.05) is 31.9 Å². The van der Waals surface area contributed by atoms with Crippen LogP contribution in [0, 0.1) is 0 Å². The van der Waals surface area contributed by atoms with Crippen LogP contribution in [0.15, 0.2) is 42.6 Å². The molecule has 1 saturated heterocycles. The van der Waals surface area contributed by atoms with E-state index in [0.717, 1.165) is 24.1 Å². The number of rotatable bonds is 5. The number of aromatic nitrogens is 1. The fourth-order valence-electron chi connectivity index (χ4n) is 3.39. The number of pyridine rings is 1. The Kier molecular flexibility index (Phi) is 5.74. The molecule has 2 heterocycles. The summed E-state index contributed by atoms with van der Waals surface area (Å²) < 4.78 is 0. The van der Waals surface area contributed by atoms with Crippen molar-refractivity contribution in [2.24, 2.45) is 0 Å². The van der Waals surface area contributed by atoms with Crippen LogP contribution in [0.4, 0.5) is 5.69 Å². The number of unbranched alkanes of at least 4 members (excludes halogenated alkanes) is 1. The molecule has 1 aliphatic heterocycles. The highest BCUT2D eigenvalue weighted by molar-refractivity contribution is 5.98. The SMILES string of the molecule is CCCC[C@@H]1C(=O)N(C)CCN1C(=O)c1ccc(-c2cc(N)ccn2)cc1. The fraction of sp³-hybridized carbons (Fsp3) is 0.381. The molecule has 1 atom stereocenters. The Balaban J connectivity index is 1.80. The lowest BCUT2D eigenvalue weighted by Crippen LogP contribution is -2.57. The number of nitrogens with two attached hydrogens (primary N) is 1. The first-order chi connectivity index (χ1) is 13.0. The van der Waals surface area contributed by atoms with Gasteiger partial charge in [0.1, 0.15) is 6.04 Å². The van der Waals surface area contributed by atoms with Gasteiger partial charge in [-0.2, -0.15) is 0 Å². The van der Waals surface area contributed by atoms with Gasteiger partial charge in [-0.25, -0.2) is 0 Å². The molecular weight excluding hydrogens is 340 g/mol. The molecule has 6 nitrogen and oxygen atoms in total. The summed E-state index contributed by atoms with van der Waals surface area (Å²) in [4.78, 5) is 33.4. The van der Waals surface area contributed by atoms with Crippen molar-refractivity contribution < 1.29 is 9.59 Å². The monoisotopic (exact) mass is 366 g/mol. The van der Waals surface area contributed by atoms with Gasteiger partial charge in [0.2, 0.25) is 5.91 Å². The van der Waals surface area contributed by atoms with Crippen LogP contribution >= 0.6 is 0 Å². The molecule has 27 heavy (non-hydrogen) atoms. The average Bonchev–Trinajstić information content (AvgIpc) is 2.69. The van der Waals surface area contributed by atoms with E-state index in [2.05, 4.69) is 11.9 Å². The van der Waals surface area contributed by atoms with Crippen molar-refractivity contribution in [2.45, 2.75) is 32.2 Å². The van der Waals surface area contributed by atoms with Gasteiger partial charge < -0.3 is 15.5 Å². The summed E-state index contributed by atoms with van der Waals surface area (Å²) in [6.07, 6.45) is 4.29. The number of nitrogen functional groups attached to an aromatic ring is 1. The maximum atomic E-state index is 13.0. The standard InChI is InChI=1S/C21H26N4O2/c1-3-4-5-19-21(27)24(2)12-13-25(19)20(26)16-8-6-15(7-9-16)18-14-17(22)10-11-23-18/h6-11,14,19H,3-5,12-13H2,1-2H3,(H2,22,23)/t19-/m1/s1. The van der Waals surface area contributed by atoms with Crippen LogP contribution in [0.3, 0.4) is 0 Å². The second-order valence-corrected chi connectivity index (χ2v) is 6.97. The predicted molar refractivity (Wildman–Crippen MR) is 106 cm³/mol. The van der Waals surface area contributed by atoms with Crippen molar-refractivity contribution in [1.82, 2.24) is 14.8 Å². The molecule has 1 aromatic heterocycles. The third kappa shape index (κ3) is 4.10. The van der Waals surface area contributed by atoms with Crippen molar-refractivity contribution in [2.75, 3.05) is 25.9 Å². The van der Waals surface area contributed by atoms with Gasteiger partial charge in [-0.15, -0.1) is 0 Å². The maximum Gasteiger partial charge on any atom is 0.254 e. The summed E-state index contributed by atoms with van der Waals surface area (Å²) in [6.45, 7) is 3.22. The van der Waals surface area contributed by atoms with Gasteiger partial charge in [0.25, 0.3) is 5.91 Å². The van der Waals surface area contributed by atoms with Crippen molar-refractivity contribution in [1.29, 1.82) is 0 Å². The van der Waals surface area contributed by atoms with Crippen LogP contribution in [0.5, 0.6) is 0 Å². The lowest BCUT2D eigenvalue weighted by atomic mass is 10.0. The molecule has 6 heteroatoms. The number of likely N-dealkylation sites (N-methyl/N-ethyl adjacent to an activating group) is 1. The zero-order valence-corrected chi connectivity index (χ0v) is 15.9. The summed E-state index contributed by atoms with van der Waals surface area (Å²) in [5, 5.41) is 0. The minimum absolute atomic E-state index is 0.0311. The van der Waals surface area contributed by atoms with Crippen LogP contribution in [-0.4, -0.2) is 52.8 Å². The van der Waals surface area contributed by atoms with E-state index in [4.69, 9.17) is 5.73 Å². The average molecular weight is 366 g/mol. The van der Waals surface area contributed by atoms with E-state index < -0.39 is 0 Å². The van der Waals surface area contributed by atoms with Crippen molar-refractivity contribution >= 4 is 17.5 Å². The predicted octanol–water partition coefficient (Wildman–Crippen LogP) is 2.80. The van der Waals surface area contributed by atoms with E-state index in [1.54, 1.807) is 47.3 Å². The normalized spacial score (nSPS) is 17.3. The van der Waals surface area contributed by atoms with E-state index in [-0.39, 0.29) is 17.9 Å². The minimum Gasteiger partial charge on any atom is -0.399 e. The quantitative estimate of drug-likeness (QED) is 0.882. The number of amides is 2. The Hall–Kier alpha value is -2.89. The van der Waals surface area contributed by atoms with E-state index >= 15 is 0 Å². The van der Waals surface area contributed by atoms with Crippen LogP contribution in [-0.2, 0) is 4.79 Å². The van der Waals surface area contributed by atoms with Gasteiger partial charge in [-0.05, 0) is 30.7 Å². The highest BCUT2D eigenvalue weighted by Crippen LogP contribution is 2.22. The Bertz CT molecular complexity index is 819. The molecule has 1 aromatic carbocycles. The van der Waals surface area contributed by atoms with Crippen LogP contribution in [0.1, 0.15) is 36.5 Å². The topological polar surface area (TPSA) is 79.5 Å². The Morgan fingerprint density at radius 1 is 1.22 bits per heavy atom. The van der Waals surface area contributed by atoms with Crippen LogP contribution in [0.25, 0.3) is 11.3 Å². The largest absolute Gasteiger partial charge is 0.399 e. The molecule has 2 aromatic rings. The second-order valence-electron chi connectivity index (χ2n) is 6.97. The van der Waals surface area contributed by atoms with Gasteiger partial charge in [0.15, 0.2) is 0 Å². The van der Waals surface area contributed by atoms with Crippen molar-refractivity contribution in [3.05, 3.63) is 48.2 Å². The number of carbonyl (C=O) groups excluding carboxylic acids is 2. The molecule has 0 bridgehead atoms. The lowest BCUT2D eigenvalue weighted by Gasteiger charge is -2.39. The number of piperazine rings is 1. The summed E-state index contributed by atoms with van der Waals surface area (Å²) in [7, 11) is 1.80. The van der Waals surface area contributed by atoms with Gasteiger partial charge in [0.05, 0.1) is 5.69 Å². The fourth-order valence-corrected chi connectivity index (χ4v) is 3.39. The molecule has 1 aliphatic rings. The number of nitrogens with zero attached hydrogens (tertiary/aromatic N) is 3. The zero-order chi connectivity index (χ0) is 19.4. The Labute approximate surface area is 160 Å². The molecule has 2 N–H and O–H groups in total. The summed E-state index contributed by atoms with van der Waals surface area (Å²) in [5.41, 5.74) is 8.71. The first-order valence-corrected chi connectivity index (χ1v) is 9.39. The van der Waals surface area contributed by atoms with Crippen LogP contribution in [0.2, 0.25) is 0 Å². The van der Waals surface area contributed by atoms with E-state index in [9.17, 15) is 9.59 Å². The molecule has 142 valence electrons. The molecule has 0 unspecified atom stereocenters.